The third-order valence-electron chi connectivity index (χ3n) is 4.24. The van der Waals surface area contributed by atoms with Crippen LogP contribution in [-0.2, 0) is 0 Å². The average molecular weight is 376 g/mol. The largest absolute Gasteiger partial charge is 0.494 e. The smallest absolute Gasteiger partial charge is 0.257 e. The number of pyridine rings is 1. The molecule has 28 heavy (non-hydrogen) atoms. The number of aryl methyl sites for hydroxylation is 1. The van der Waals surface area contributed by atoms with E-state index in [0.29, 0.717) is 24.2 Å². The van der Waals surface area contributed by atoms with Gasteiger partial charge in [0.15, 0.2) is 6.17 Å². The molecule has 142 valence electrons. The number of hydrogen-bond donors (Lipinski definition) is 2. The van der Waals surface area contributed by atoms with Crippen LogP contribution in [0.3, 0.4) is 0 Å². The molecule has 4 rings (SSSR count). The molecule has 8 heteroatoms. The van der Waals surface area contributed by atoms with Crippen molar-refractivity contribution in [1.29, 1.82) is 0 Å². The molecule has 0 fully saturated rings. The van der Waals surface area contributed by atoms with Gasteiger partial charge in [0.1, 0.15) is 5.75 Å². The molecular formula is C20H20N6O2. The third-order valence-corrected chi connectivity index (χ3v) is 4.24. The van der Waals surface area contributed by atoms with Crippen molar-refractivity contribution in [1.82, 2.24) is 14.5 Å². The first kappa shape index (κ1) is 17.7. The number of guanidine groups is 1. The standard InChI is InChI=1S/C20H20N6O2/c1-3-28-16-6-4-15(5-7-16)23-19-24-18(14-8-10-21-11-9-14)26-17(27)12-13(2)22-20(26)25-19/h4-12,18H,3H2,1-2H3,(H2,22,23,24,25). The molecule has 0 saturated carbocycles. The van der Waals surface area contributed by atoms with Gasteiger partial charge < -0.3 is 10.1 Å². The Hall–Kier alpha value is -3.68. The molecule has 0 saturated heterocycles. The fraction of sp³-hybridized carbons (Fsp3) is 0.200. The minimum Gasteiger partial charge on any atom is -0.494 e. The molecule has 1 aromatic carbocycles. The van der Waals surface area contributed by atoms with E-state index in [1.807, 2.05) is 43.3 Å². The van der Waals surface area contributed by atoms with Crippen LogP contribution in [-0.4, -0.2) is 27.1 Å². The van der Waals surface area contributed by atoms with Gasteiger partial charge in [0.05, 0.1) is 6.61 Å². The molecule has 1 unspecified atom stereocenters. The van der Waals surface area contributed by atoms with Gasteiger partial charge in [0.2, 0.25) is 11.9 Å². The van der Waals surface area contributed by atoms with Crippen LogP contribution >= 0.6 is 0 Å². The molecule has 1 aliphatic heterocycles. The minimum absolute atomic E-state index is 0.166. The summed E-state index contributed by atoms with van der Waals surface area (Å²) in [6.07, 6.45) is 2.82. The Morgan fingerprint density at radius 1 is 1.18 bits per heavy atom. The number of hydrogen-bond acceptors (Lipinski definition) is 7. The van der Waals surface area contributed by atoms with E-state index >= 15 is 0 Å². The lowest BCUT2D eigenvalue weighted by atomic mass is 10.2. The zero-order valence-corrected chi connectivity index (χ0v) is 15.6. The summed E-state index contributed by atoms with van der Waals surface area (Å²) in [5.74, 6) is 1.74. The topological polar surface area (TPSA) is 93.4 Å². The van der Waals surface area contributed by atoms with E-state index in [-0.39, 0.29) is 5.56 Å². The molecule has 8 nitrogen and oxygen atoms in total. The second-order valence-corrected chi connectivity index (χ2v) is 6.27. The minimum atomic E-state index is -0.537. The van der Waals surface area contributed by atoms with Gasteiger partial charge in [0.25, 0.3) is 5.56 Å². The molecule has 0 radical (unpaired) electrons. The average Bonchev–Trinajstić information content (AvgIpc) is 2.69. The molecule has 1 aliphatic rings. The van der Waals surface area contributed by atoms with Gasteiger partial charge in [-0.3, -0.25) is 19.7 Å². The Kier molecular flexibility index (Phi) is 4.76. The van der Waals surface area contributed by atoms with Crippen molar-refractivity contribution in [2.24, 2.45) is 4.99 Å². The normalized spacial score (nSPS) is 15.2. The van der Waals surface area contributed by atoms with Crippen molar-refractivity contribution in [3.05, 3.63) is 76.5 Å². The number of anilines is 2. The van der Waals surface area contributed by atoms with Gasteiger partial charge in [-0.25, -0.2) is 9.98 Å². The van der Waals surface area contributed by atoms with Crippen molar-refractivity contribution in [2.45, 2.75) is 20.0 Å². The first-order valence-electron chi connectivity index (χ1n) is 8.99. The Balaban J connectivity index is 1.70. The van der Waals surface area contributed by atoms with E-state index in [9.17, 15) is 4.79 Å². The third kappa shape index (κ3) is 3.57. The van der Waals surface area contributed by atoms with Gasteiger partial charge in [-0.2, -0.15) is 0 Å². The Bertz CT molecular complexity index is 1060. The number of aromatic nitrogens is 3. The summed E-state index contributed by atoms with van der Waals surface area (Å²) in [4.78, 5) is 25.8. The highest BCUT2D eigenvalue weighted by Gasteiger charge is 2.25. The lowest BCUT2D eigenvalue weighted by Gasteiger charge is -2.27. The van der Waals surface area contributed by atoms with E-state index in [1.54, 1.807) is 19.3 Å². The zero-order valence-electron chi connectivity index (χ0n) is 15.6. The van der Waals surface area contributed by atoms with Gasteiger partial charge in [0, 0.05) is 35.4 Å². The number of nitrogens with zero attached hydrogens (tertiary/aromatic N) is 4. The van der Waals surface area contributed by atoms with E-state index < -0.39 is 6.17 Å². The van der Waals surface area contributed by atoms with Crippen molar-refractivity contribution in [3.8, 4) is 5.75 Å². The van der Waals surface area contributed by atoms with Crippen molar-refractivity contribution in [3.63, 3.8) is 0 Å². The predicted molar refractivity (Wildman–Crippen MR) is 108 cm³/mol. The summed E-state index contributed by atoms with van der Waals surface area (Å²) >= 11 is 0. The first-order valence-corrected chi connectivity index (χ1v) is 8.99. The number of ether oxygens (including phenoxy) is 1. The second-order valence-electron chi connectivity index (χ2n) is 6.27. The number of aliphatic imine (C=N–C) groups is 1. The molecule has 3 heterocycles. The highest BCUT2D eigenvalue weighted by molar-refractivity contribution is 6.03. The molecule has 0 amide bonds. The Labute approximate surface area is 162 Å². The number of nitrogens with one attached hydrogen (secondary N) is 2. The van der Waals surface area contributed by atoms with Crippen LogP contribution in [0.1, 0.15) is 24.3 Å². The summed E-state index contributed by atoms with van der Waals surface area (Å²) in [7, 11) is 0. The van der Waals surface area contributed by atoms with Gasteiger partial charge in [-0.05, 0) is 50.2 Å². The van der Waals surface area contributed by atoms with Crippen molar-refractivity contribution < 1.29 is 4.74 Å². The van der Waals surface area contributed by atoms with Crippen LogP contribution in [0.4, 0.5) is 11.6 Å². The maximum Gasteiger partial charge on any atom is 0.257 e. The summed E-state index contributed by atoms with van der Waals surface area (Å²) in [5.41, 5.74) is 2.16. The number of benzene rings is 1. The number of rotatable bonds is 4. The van der Waals surface area contributed by atoms with Crippen LogP contribution < -0.4 is 20.9 Å². The highest BCUT2D eigenvalue weighted by Crippen LogP contribution is 2.25. The predicted octanol–water partition coefficient (Wildman–Crippen LogP) is 2.79. The summed E-state index contributed by atoms with van der Waals surface area (Å²) in [6.45, 7) is 4.35. The summed E-state index contributed by atoms with van der Waals surface area (Å²) in [6, 6.07) is 12.8. The van der Waals surface area contributed by atoms with Crippen molar-refractivity contribution >= 4 is 17.6 Å². The van der Waals surface area contributed by atoms with E-state index in [4.69, 9.17) is 9.73 Å². The molecule has 0 aliphatic carbocycles. The van der Waals surface area contributed by atoms with E-state index in [2.05, 4.69) is 20.6 Å². The van der Waals surface area contributed by atoms with Crippen LogP contribution in [0, 0.1) is 6.92 Å². The fourth-order valence-corrected chi connectivity index (χ4v) is 3.01. The summed E-state index contributed by atoms with van der Waals surface area (Å²) < 4.78 is 7.00. The summed E-state index contributed by atoms with van der Waals surface area (Å²) in [5, 5.41) is 6.35. The highest BCUT2D eigenvalue weighted by atomic mass is 16.5. The lowest BCUT2D eigenvalue weighted by Crippen LogP contribution is -2.37. The number of fused-ring (bicyclic) bond motifs is 1. The maximum absolute atomic E-state index is 12.6. The molecule has 0 spiro atoms. The Morgan fingerprint density at radius 3 is 2.64 bits per heavy atom. The van der Waals surface area contributed by atoms with E-state index in [1.165, 1.54) is 10.6 Å². The van der Waals surface area contributed by atoms with Crippen LogP contribution in [0.15, 0.2) is 64.6 Å². The van der Waals surface area contributed by atoms with Crippen LogP contribution in [0.5, 0.6) is 5.75 Å². The quantitative estimate of drug-likeness (QED) is 0.727. The molecule has 0 bridgehead atoms. The molecule has 3 aromatic rings. The van der Waals surface area contributed by atoms with Gasteiger partial charge >= 0.3 is 0 Å². The molecule has 1 atom stereocenters. The maximum atomic E-state index is 12.6. The zero-order chi connectivity index (χ0) is 19.5. The van der Waals surface area contributed by atoms with Crippen LogP contribution in [0.25, 0.3) is 0 Å². The Morgan fingerprint density at radius 2 is 1.93 bits per heavy atom. The van der Waals surface area contributed by atoms with E-state index in [0.717, 1.165) is 17.0 Å². The molecule has 2 aromatic heterocycles. The molecular weight excluding hydrogens is 356 g/mol. The lowest BCUT2D eigenvalue weighted by molar-refractivity contribution is 0.340. The fourth-order valence-electron chi connectivity index (χ4n) is 3.01. The first-order chi connectivity index (χ1) is 13.6. The van der Waals surface area contributed by atoms with Crippen LogP contribution in [0.2, 0.25) is 0 Å². The van der Waals surface area contributed by atoms with Gasteiger partial charge in [-0.15, -0.1) is 0 Å². The van der Waals surface area contributed by atoms with Crippen molar-refractivity contribution in [2.75, 3.05) is 17.2 Å². The monoisotopic (exact) mass is 376 g/mol. The SMILES string of the molecule is CCOc1ccc(NC2=NC(c3ccncc3)n3c(nc(C)cc3=O)N2)cc1. The second kappa shape index (κ2) is 7.51. The molecule has 2 N–H and O–H groups in total. The van der Waals surface area contributed by atoms with Gasteiger partial charge in [-0.1, -0.05) is 0 Å².